The molecule has 92 valence electrons. The number of amides is 1. The van der Waals surface area contributed by atoms with E-state index in [1.807, 2.05) is 11.8 Å². The first kappa shape index (κ1) is 13.0. The first-order valence-corrected chi connectivity index (χ1v) is 5.79. The average Bonchev–Trinajstić information content (AvgIpc) is 2.60. The third-order valence-electron chi connectivity index (χ3n) is 3.31. The second-order valence-corrected chi connectivity index (χ2v) is 4.39. The largest absolute Gasteiger partial charge is 0.480 e. The van der Waals surface area contributed by atoms with Crippen LogP contribution < -0.4 is 5.73 Å². The van der Waals surface area contributed by atoms with Gasteiger partial charge in [0.1, 0.15) is 5.54 Å². The summed E-state index contributed by atoms with van der Waals surface area (Å²) < 4.78 is 0. The summed E-state index contributed by atoms with van der Waals surface area (Å²) in [6.45, 7) is 3.19. The van der Waals surface area contributed by atoms with Gasteiger partial charge in [0.2, 0.25) is 5.91 Å². The van der Waals surface area contributed by atoms with E-state index in [4.69, 9.17) is 5.73 Å². The first-order valence-electron chi connectivity index (χ1n) is 5.79. The molecule has 1 rings (SSSR count). The molecule has 16 heavy (non-hydrogen) atoms. The van der Waals surface area contributed by atoms with Crippen molar-refractivity contribution in [3.63, 3.8) is 0 Å². The fourth-order valence-corrected chi connectivity index (χ4v) is 2.55. The van der Waals surface area contributed by atoms with Crippen LogP contribution in [0.1, 0.15) is 39.0 Å². The number of carbonyl (C=O) groups excluding carboxylic acids is 1. The molecule has 0 aromatic carbocycles. The van der Waals surface area contributed by atoms with Crippen LogP contribution in [0.4, 0.5) is 0 Å². The third-order valence-corrected chi connectivity index (χ3v) is 3.31. The molecule has 1 fully saturated rings. The number of carboxylic acid groups (broad SMARTS) is 1. The van der Waals surface area contributed by atoms with Crippen molar-refractivity contribution in [2.75, 3.05) is 13.1 Å². The number of carboxylic acids is 1. The molecule has 1 atom stereocenters. The van der Waals surface area contributed by atoms with Crippen molar-refractivity contribution < 1.29 is 14.7 Å². The summed E-state index contributed by atoms with van der Waals surface area (Å²) in [6, 6.07) is 0. The average molecular weight is 228 g/mol. The van der Waals surface area contributed by atoms with Crippen molar-refractivity contribution in [2.45, 2.75) is 44.6 Å². The first-order chi connectivity index (χ1) is 7.53. The van der Waals surface area contributed by atoms with Crippen LogP contribution in [0.3, 0.4) is 0 Å². The lowest BCUT2D eigenvalue weighted by atomic mass is 9.90. The summed E-state index contributed by atoms with van der Waals surface area (Å²) in [5.74, 6) is -1.14. The molecular formula is C11H20N2O3. The van der Waals surface area contributed by atoms with Gasteiger partial charge in [-0.2, -0.15) is 0 Å². The van der Waals surface area contributed by atoms with Crippen molar-refractivity contribution >= 4 is 11.9 Å². The molecule has 0 aliphatic carbocycles. The third kappa shape index (κ3) is 2.52. The minimum absolute atomic E-state index is 0.235. The van der Waals surface area contributed by atoms with Gasteiger partial charge in [0.25, 0.3) is 0 Å². The van der Waals surface area contributed by atoms with Gasteiger partial charge in [0.05, 0.1) is 0 Å². The Balaban J connectivity index is 2.72. The zero-order chi connectivity index (χ0) is 12.2. The van der Waals surface area contributed by atoms with Crippen molar-refractivity contribution in [2.24, 2.45) is 5.73 Å². The van der Waals surface area contributed by atoms with Gasteiger partial charge >= 0.3 is 5.97 Å². The molecule has 5 nitrogen and oxygen atoms in total. The quantitative estimate of drug-likeness (QED) is 0.696. The Morgan fingerprint density at radius 2 is 2.19 bits per heavy atom. The Labute approximate surface area is 95.6 Å². The maximum atomic E-state index is 11.4. The fourth-order valence-electron chi connectivity index (χ4n) is 2.55. The Bertz CT molecular complexity index is 280. The lowest BCUT2D eigenvalue weighted by Crippen LogP contribution is -2.51. The molecule has 0 radical (unpaired) electrons. The van der Waals surface area contributed by atoms with Gasteiger partial charge in [-0.1, -0.05) is 13.3 Å². The van der Waals surface area contributed by atoms with Crippen LogP contribution in [0, 0.1) is 0 Å². The molecule has 1 unspecified atom stereocenters. The lowest BCUT2D eigenvalue weighted by molar-refractivity contribution is -0.150. The minimum atomic E-state index is -0.767. The lowest BCUT2D eigenvalue weighted by Gasteiger charge is -2.34. The molecule has 1 amide bonds. The number of likely N-dealkylation sites (tertiary alicyclic amines) is 1. The van der Waals surface area contributed by atoms with Crippen LogP contribution in [0.5, 0.6) is 0 Å². The topological polar surface area (TPSA) is 83.6 Å². The maximum absolute atomic E-state index is 11.4. The number of hydrogen-bond acceptors (Lipinski definition) is 3. The van der Waals surface area contributed by atoms with Gasteiger partial charge < -0.3 is 10.8 Å². The molecule has 1 saturated heterocycles. The molecule has 0 aromatic heterocycles. The van der Waals surface area contributed by atoms with Gasteiger partial charge in [-0.15, -0.1) is 0 Å². The fraction of sp³-hybridized carbons (Fsp3) is 0.818. The smallest absolute Gasteiger partial charge is 0.324 e. The summed E-state index contributed by atoms with van der Waals surface area (Å²) in [5, 5.41) is 9.37. The zero-order valence-corrected chi connectivity index (χ0v) is 9.74. The molecule has 0 aromatic rings. The van der Waals surface area contributed by atoms with Gasteiger partial charge in [0.15, 0.2) is 0 Å². The van der Waals surface area contributed by atoms with Gasteiger partial charge in [-0.3, -0.25) is 14.5 Å². The highest BCUT2D eigenvalue weighted by molar-refractivity contribution is 5.79. The number of primary amides is 1. The highest BCUT2D eigenvalue weighted by atomic mass is 16.4. The van der Waals surface area contributed by atoms with Gasteiger partial charge in [0, 0.05) is 13.0 Å². The summed E-state index contributed by atoms with van der Waals surface area (Å²) in [4.78, 5) is 24.1. The number of aliphatic carboxylic acids is 1. The van der Waals surface area contributed by atoms with Crippen LogP contribution in [0.15, 0.2) is 0 Å². The molecule has 0 spiro atoms. The van der Waals surface area contributed by atoms with Crippen molar-refractivity contribution in [1.29, 1.82) is 0 Å². The highest BCUT2D eigenvalue weighted by Crippen LogP contribution is 2.33. The van der Waals surface area contributed by atoms with Gasteiger partial charge in [-0.25, -0.2) is 0 Å². The molecule has 0 saturated carbocycles. The predicted octanol–water partition coefficient (Wildman–Crippen LogP) is 0.581. The van der Waals surface area contributed by atoms with Crippen molar-refractivity contribution in [3.8, 4) is 0 Å². The highest BCUT2D eigenvalue weighted by Gasteiger charge is 2.46. The van der Waals surface area contributed by atoms with E-state index in [1.54, 1.807) is 0 Å². The molecular weight excluding hydrogens is 208 g/mol. The maximum Gasteiger partial charge on any atom is 0.324 e. The van der Waals surface area contributed by atoms with Crippen LogP contribution in [0.25, 0.3) is 0 Å². The van der Waals surface area contributed by atoms with E-state index in [-0.39, 0.29) is 12.3 Å². The van der Waals surface area contributed by atoms with Crippen molar-refractivity contribution in [1.82, 2.24) is 4.90 Å². The monoisotopic (exact) mass is 228 g/mol. The standard InChI is InChI=1S/C11H20N2O3/c1-2-5-11(10(15)16)6-3-7-13(11)8-4-9(12)14/h2-8H2,1H3,(H2,12,14)(H,15,16). The summed E-state index contributed by atoms with van der Waals surface area (Å²) in [5.41, 5.74) is 4.34. The SMILES string of the molecule is CCCC1(C(=O)O)CCCN1CCC(N)=O. The van der Waals surface area contributed by atoms with Crippen LogP contribution in [-0.4, -0.2) is 40.5 Å². The van der Waals surface area contributed by atoms with Crippen LogP contribution in [0.2, 0.25) is 0 Å². The normalized spacial score (nSPS) is 25.8. The minimum Gasteiger partial charge on any atom is -0.480 e. The van der Waals surface area contributed by atoms with Crippen molar-refractivity contribution in [3.05, 3.63) is 0 Å². The Hall–Kier alpha value is -1.10. The Morgan fingerprint density at radius 1 is 1.50 bits per heavy atom. The summed E-state index contributed by atoms with van der Waals surface area (Å²) in [6.07, 6.45) is 3.26. The summed E-state index contributed by atoms with van der Waals surface area (Å²) in [7, 11) is 0. The molecule has 1 aliphatic heterocycles. The van der Waals surface area contributed by atoms with Crippen LogP contribution in [-0.2, 0) is 9.59 Å². The molecule has 5 heteroatoms. The second kappa shape index (κ2) is 5.30. The van der Waals surface area contributed by atoms with E-state index in [0.29, 0.717) is 19.4 Å². The second-order valence-electron chi connectivity index (χ2n) is 4.39. The van der Waals surface area contributed by atoms with Gasteiger partial charge in [-0.05, 0) is 25.8 Å². The van der Waals surface area contributed by atoms with E-state index in [9.17, 15) is 14.7 Å². The Kier molecular flexibility index (Phi) is 4.29. The number of nitrogens with zero attached hydrogens (tertiary/aromatic N) is 1. The predicted molar refractivity (Wildman–Crippen MR) is 59.9 cm³/mol. The number of rotatable bonds is 6. The molecule has 3 N–H and O–H groups in total. The number of hydrogen-bond donors (Lipinski definition) is 2. The van der Waals surface area contributed by atoms with E-state index >= 15 is 0 Å². The summed E-state index contributed by atoms with van der Waals surface area (Å²) >= 11 is 0. The van der Waals surface area contributed by atoms with E-state index < -0.39 is 11.5 Å². The zero-order valence-electron chi connectivity index (χ0n) is 9.74. The number of carbonyl (C=O) groups is 2. The molecule has 1 aliphatic rings. The number of nitrogens with two attached hydrogens (primary N) is 1. The molecule has 1 heterocycles. The molecule has 0 bridgehead atoms. The van der Waals surface area contributed by atoms with E-state index in [1.165, 1.54) is 0 Å². The Morgan fingerprint density at radius 3 is 2.69 bits per heavy atom. The van der Waals surface area contributed by atoms with Crippen LogP contribution >= 0.6 is 0 Å². The van der Waals surface area contributed by atoms with E-state index in [0.717, 1.165) is 19.4 Å². The van der Waals surface area contributed by atoms with E-state index in [2.05, 4.69) is 0 Å².